The van der Waals surface area contributed by atoms with Gasteiger partial charge in [-0.1, -0.05) is 46.9 Å². The largest absolute Gasteiger partial charge is 0.482 e. The molecule has 0 aliphatic rings. The molecule has 0 spiro atoms. The predicted octanol–water partition coefficient (Wildman–Crippen LogP) is 3.50. The molecule has 0 aromatic heterocycles. The van der Waals surface area contributed by atoms with E-state index in [4.69, 9.17) is 39.5 Å². The van der Waals surface area contributed by atoms with Crippen molar-refractivity contribution < 1.29 is 14.3 Å². The molecular formula is C18H17Cl3N2O3. The lowest BCUT2D eigenvalue weighted by atomic mass is 10.1. The van der Waals surface area contributed by atoms with Crippen molar-refractivity contribution in [2.75, 3.05) is 19.7 Å². The molecular weight excluding hydrogens is 399 g/mol. The highest BCUT2D eigenvalue weighted by Gasteiger charge is 2.07. The average Bonchev–Trinajstić information content (AvgIpc) is 2.60. The lowest BCUT2D eigenvalue weighted by Gasteiger charge is -2.09. The zero-order valence-corrected chi connectivity index (χ0v) is 16.0. The first-order valence-corrected chi connectivity index (χ1v) is 8.93. The molecule has 2 amide bonds. The average molecular weight is 416 g/mol. The summed E-state index contributed by atoms with van der Waals surface area (Å²) in [5, 5.41) is 6.82. The van der Waals surface area contributed by atoms with Gasteiger partial charge in [0.25, 0.3) is 5.91 Å². The lowest BCUT2D eigenvalue weighted by Crippen LogP contribution is -2.37. The molecule has 0 radical (unpaired) electrons. The summed E-state index contributed by atoms with van der Waals surface area (Å²) in [7, 11) is 0. The van der Waals surface area contributed by atoms with Crippen LogP contribution >= 0.6 is 34.8 Å². The van der Waals surface area contributed by atoms with Crippen molar-refractivity contribution >= 4 is 46.6 Å². The molecule has 0 aliphatic carbocycles. The molecule has 138 valence electrons. The van der Waals surface area contributed by atoms with Crippen LogP contribution in [0, 0.1) is 0 Å². The van der Waals surface area contributed by atoms with E-state index in [1.165, 1.54) is 6.07 Å². The molecule has 0 unspecified atom stereocenters. The Morgan fingerprint density at radius 2 is 1.46 bits per heavy atom. The minimum absolute atomic E-state index is 0.134. The molecule has 2 aromatic rings. The number of nitrogens with one attached hydrogen (secondary N) is 2. The van der Waals surface area contributed by atoms with Gasteiger partial charge in [-0.05, 0) is 35.9 Å². The number of carbonyl (C=O) groups excluding carboxylic acids is 2. The third-order valence-corrected chi connectivity index (χ3v) is 4.08. The molecule has 5 nitrogen and oxygen atoms in total. The molecule has 0 saturated carbocycles. The first-order chi connectivity index (χ1) is 12.4. The molecule has 8 heteroatoms. The maximum Gasteiger partial charge on any atom is 0.258 e. The third kappa shape index (κ3) is 7.12. The van der Waals surface area contributed by atoms with Crippen LogP contribution in [-0.2, 0) is 16.0 Å². The Morgan fingerprint density at radius 3 is 2.12 bits per heavy atom. The number of ether oxygens (including phenoxy) is 1. The van der Waals surface area contributed by atoms with Gasteiger partial charge in [-0.25, -0.2) is 0 Å². The zero-order chi connectivity index (χ0) is 18.9. The molecule has 0 atom stereocenters. The number of hydrogen-bond acceptors (Lipinski definition) is 3. The quantitative estimate of drug-likeness (QED) is 0.649. The van der Waals surface area contributed by atoms with Crippen molar-refractivity contribution in [2.24, 2.45) is 0 Å². The second-order valence-corrected chi connectivity index (χ2v) is 6.65. The fourth-order valence-corrected chi connectivity index (χ4v) is 2.63. The van der Waals surface area contributed by atoms with Gasteiger partial charge in [0.1, 0.15) is 5.75 Å². The maximum atomic E-state index is 11.8. The van der Waals surface area contributed by atoms with Gasteiger partial charge >= 0.3 is 0 Å². The fraction of sp³-hybridized carbons (Fsp3) is 0.222. The Bertz CT molecular complexity index is 767. The number of benzene rings is 2. The lowest BCUT2D eigenvalue weighted by molar-refractivity contribution is -0.124. The highest BCUT2D eigenvalue weighted by atomic mass is 35.5. The van der Waals surface area contributed by atoms with Crippen LogP contribution in [0.15, 0.2) is 42.5 Å². The zero-order valence-electron chi connectivity index (χ0n) is 13.7. The van der Waals surface area contributed by atoms with Crippen LogP contribution in [0.25, 0.3) is 0 Å². The van der Waals surface area contributed by atoms with Crippen LogP contribution in [0.2, 0.25) is 15.1 Å². The molecule has 2 N–H and O–H groups in total. The summed E-state index contributed by atoms with van der Waals surface area (Å²) < 4.78 is 5.32. The normalized spacial score (nSPS) is 10.3. The number of carbonyl (C=O) groups is 2. The van der Waals surface area contributed by atoms with Gasteiger partial charge in [-0.2, -0.15) is 0 Å². The number of amides is 2. The van der Waals surface area contributed by atoms with Gasteiger partial charge in [0.2, 0.25) is 5.91 Å². The predicted molar refractivity (Wildman–Crippen MR) is 103 cm³/mol. The summed E-state index contributed by atoms with van der Waals surface area (Å²) >= 11 is 17.5. The summed E-state index contributed by atoms with van der Waals surface area (Å²) in [6.07, 6.45) is 0.253. The highest BCUT2D eigenvalue weighted by Crippen LogP contribution is 2.27. The van der Waals surface area contributed by atoms with E-state index in [0.29, 0.717) is 33.9 Å². The minimum Gasteiger partial charge on any atom is -0.482 e. The van der Waals surface area contributed by atoms with E-state index in [1.807, 2.05) is 0 Å². The fourth-order valence-electron chi connectivity index (χ4n) is 2.04. The van der Waals surface area contributed by atoms with E-state index in [0.717, 1.165) is 5.56 Å². The second-order valence-electron chi connectivity index (χ2n) is 5.37. The van der Waals surface area contributed by atoms with Crippen molar-refractivity contribution in [3.05, 3.63) is 63.1 Å². The van der Waals surface area contributed by atoms with Gasteiger partial charge in [-0.3, -0.25) is 9.59 Å². The molecule has 26 heavy (non-hydrogen) atoms. The van der Waals surface area contributed by atoms with Gasteiger partial charge in [0.05, 0.1) is 11.4 Å². The summed E-state index contributed by atoms with van der Waals surface area (Å²) in [4.78, 5) is 23.5. The van der Waals surface area contributed by atoms with E-state index >= 15 is 0 Å². The van der Waals surface area contributed by atoms with Crippen molar-refractivity contribution in [3.63, 3.8) is 0 Å². The van der Waals surface area contributed by atoms with E-state index < -0.39 is 0 Å². The molecule has 0 aliphatic heterocycles. The topological polar surface area (TPSA) is 67.4 Å². The van der Waals surface area contributed by atoms with Crippen molar-refractivity contribution in [1.29, 1.82) is 0 Å². The van der Waals surface area contributed by atoms with Crippen molar-refractivity contribution in [1.82, 2.24) is 10.6 Å². The molecule has 2 rings (SSSR count). The van der Waals surface area contributed by atoms with Crippen LogP contribution in [0.1, 0.15) is 5.56 Å². The monoisotopic (exact) mass is 414 g/mol. The SMILES string of the molecule is O=C(COc1ccc(Cl)cc1Cl)NCCNC(=O)Cc1ccc(Cl)cc1. The summed E-state index contributed by atoms with van der Waals surface area (Å²) in [5.41, 5.74) is 0.865. The van der Waals surface area contributed by atoms with Crippen molar-refractivity contribution in [3.8, 4) is 5.75 Å². The van der Waals surface area contributed by atoms with Crippen LogP contribution < -0.4 is 15.4 Å². The Balaban J connectivity index is 1.62. The summed E-state index contributed by atoms with van der Waals surface area (Å²) in [6.45, 7) is 0.433. The minimum atomic E-state index is -0.317. The van der Waals surface area contributed by atoms with Gasteiger partial charge < -0.3 is 15.4 Å². The maximum absolute atomic E-state index is 11.8. The van der Waals surface area contributed by atoms with Crippen LogP contribution in [0.4, 0.5) is 0 Å². The number of hydrogen-bond donors (Lipinski definition) is 2. The Morgan fingerprint density at radius 1 is 0.846 bits per heavy atom. The number of rotatable bonds is 8. The number of halogens is 3. The van der Waals surface area contributed by atoms with Gasteiger partial charge in [-0.15, -0.1) is 0 Å². The molecule has 0 bridgehead atoms. The first-order valence-electron chi connectivity index (χ1n) is 7.80. The van der Waals surface area contributed by atoms with Crippen molar-refractivity contribution in [2.45, 2.75) is 6.42 Å². The van der Waals surface area contributed by atoms with Crippen LogP contribution in [0.3, 0.4) is 0 Å². The molecule has 0 fully saturated rings. The van der Waals surface area contributed by atoms with Crippen LogP contribution in [0.5, 0.6) is 5.75 Å². The first kappa shape index (κ1) is 20.4. The van der Waals surface area contributed by atoms with E-state index in [9.17, 15) is 9.59 Å². The van der Waals surface area contributed by atoms with Crippen LogP contribution in [-0.4, -0.2) is 31.5 Å². The van der Waals surface area contributed by atoms with E-state index in [1.54, 1.807) is 36.4 Å². The molecule has 0 heterocycles. The summed E-state index contributed by atoms with van der Waals surface area (Å²) in [6, 6.07) is 11.8. The Kier molecular flexibility index (Phi) is 8.04. The highest BCUT2D eigenvalue weighted by molar-refractivity contribution is 6.35. The Hall–Kier alpha value is -1.95. The third-order valence-electron chi connectivity index (χ3n) is 3.30. The van der Waals surface area contributed by atoms with E-state index in [-0.39, 0.29) is 24.8 Å². The second kappa shape index (κ2) is 10.3. The summed E-state index contributed by atoms with van der Waals surface area (Å²) in [5.74, 6) is -0.0729. The standard InChI is InChI=1S/C18H17Cl3N2O3/c19-13-3-1-12(2-4-13)9-17(24)22-7-8-23-18(25)11-26-16-6-5-14(20)10-15(16)21/h1-6,10H,7-9,11H2,(H,22,24)(H,23,25). The molecule has 0 saturated heterocycles. The Labute approximate surface area is 166 Å². The van der Waals surface area contributed by atoms with E-state index in [2.05, 4.69) is 10.6 Å². The van der Waals surface area contributed by atoms with Gasteiger partial charge in [0, 0.05) is 23.1 Å². The molecule has 2 aromatic carbocycles. The van der Waals surface area contributed by atoms with Gasteiger partial charge in [0.15, 0.2) is 6.61 Å². The smallest absolute Gasteiger partial charge is 0.258 e.